The lowest BCUT2D eigenvalue weighted by Gasteiger charge is -2.39. The molecule has 1 atom stereocenters. The van der Waals surface area contributed by atoms with Crippen molar-refractivity contribution in [2.45, 2.75) is 25.9 Å². The van der Waals surface area contributed by atoms with E-state index in [9.17, 15) is 32.6 Å². The number of ether oxygens (including phenoxy) is 1. The third kappa shape index (κ3) is 3.77. The van der Waals surface area contributed by atoms with Crippen molar-refractivity contribution in [3.63, 3.8) is 0 Å². The van der Waals surface area contributed by atoms with Gasteiger partial charge in [-0.3, -0.25) is 0 Å². The number of nitrogens with zero attached hydrogens (tertiary/aromatic N) is 1. The Bertz CT molecular complexity index is 1000. The number of hydrogen-bond donors (Lipinski definition) is 2. The van der Waals surface area contributed by atoms with Gasteiger partial charge in [0.1, 0.15) is 0 Å². The van der Waals surface area contributed by atoms with Crippen LogP contribution in [0, 0.1) is 5.82 Å². The second-order valence-corrected chi connectivity index (χ2v) is 6.58. The number of methoxy groups -OCH3 is 1. The van der Waals surface area contributed by atoms with Crippen LogP contribution in [0.4, 0.5) is 23.2 Å². The highest BCUT2D eigenvalue weighted by Gasteiger charge is 2.38. The van der Waals surface area contributed by atoms with Crippen LogP contribution < -0.4 is 4.90 Å². The van der Waals surface area contributed by atoms with E-state index in [4.69, 9.17) is 4.74 Å². The molecule has 0 aliphatic carbocycles. The van der Waals surface area contributed by atoms with E-state index in [0.29, 0.717) is 11.1 Å². The molecule has 2 aromatic rings. The van der Waals surface area contributed by atoms with Gasteiger partial charge in [0.05, 0.1) is 11.1 Å². The fraction of sp³-hybridized carbons (Fsp3) is 0.250. The predicted octanol–water partition coefficient (Wildman–Crippen LogP) is 4.40. The van der Waals surface area contributed by atoms with Crippen LogP contribution in [0.1, 0.15) is 23.6 Å². The number of carbonyl (C=O) groups is 1. The number of phenols is 1. The largest absolute Gasteiger partial charge is 0.505 e. The van der Waals surface area contributed by atoms with E-state index in [0.717, 1.165) is 24.3 Å². The first-order valence-electron chi connectivity index (χ1n) is 8.47. The molecule has 2 aromatic carbocycles. The van der Waals surface area contributed by atoms with E-state index in [1.165, 1.54) is 31.1 Å². The zero-order valence-electron chi connectivity index (χ0n) is 15.4. The van der Waals surface area contributed by atoms with Crippen LogP contribution >= 0.6 is 0 Å². The van der Waals surface area contributed by atoms with Gasteiger partial charge in [-0.1, -0.05) is 12.1 Å². The standard InChI is InChI=1S/C20H17F4NO4/c1-10-13-5-4-12(20(22,23)24)8-15(13)25(18(29-2)17(10)19(27)28)9-11-3-6-16(26)14(21)7-11/h3-8,18,26H,9H2,1-2H3,(H,27,28). The Balaban J connectivity index is 2.19. The maximum Gasteiger partial charge on any atom is 0.416 e. The summed E-state index contributed by atoms with van der Waals surface area (Å²) < 4.78 is 58.8. The van der Waals surface area contributed by atoms with Gasteiger partial charge in [0, 0.05) is 24.9 Å². The molecule has 1 aliphatic heterocycles. The number of alkyl halides is 3. The molecule has 0 aromatic heterocycles. The first-order chi connectivity index (χ1) is 13.5. The topological polar surface area (TPSA) is 70.0 Å². The van der Waals surface area contributed by atoms with E-state index in [1.54, 1.807) is 0 Å². The summed E-state index contributed by atoms with van der Waals surface area (Å²) in [6, 6.07) is 6.55. The van der Waals surface area contributed by atoms with Crippen LogP contribution in [0.2, 0.25) is 0 Å². The minimum absolute atomic E-state index is 0.114. The van der Waals surface area contributed by atoms with Gasteiger partial charge in [-0.2, -0.15) is 13.2 Å². The van der Waals surface area contributed by atoms with E-state index in [1.807, 2.05) is 0 Å². The van der Waals surface area contributed by atoms with E-state index in [-0.39, 0.29) is 23.4 Å². The molecule has 1 heterocycles. The van der Waals surface area contributed by atoms with Crippen molar-refractivity contribution < 1.29 is 37.3 Å². The number of rotatable bonds is 4. The summed E-state index contributed by atoms with van der Waals surface area (Å²) in [6.45, 7) is 1.35. The summed E-state index contributed by atoms with van der Waals surface area (Å²) in [7, 11) is 1.24. The molecule has 0 saturated heterocycles. The molecule has 0 saturated carbocycles. The Hall–Kier alpha value is -3.07. The lowest BCUT2D eigenvalue weighted by atomic mass is 9.91. The number of anilines is 1. The average molecular weight is 411 g/mol. The van der Waals surface area contributed by atoms with Crippen molar-refractivity contribution in [3.05, 3.63) is 64.5 Å². The van der Waals surface area contributed by atoms with Gasteiger partial charge in [0.25, 0.3) is 0 Å². The molecule has 0 bridgehead atoms. The van der Waals surface area contributed by atoms with E-state index >= 15 is 0 Å². The van der Waals surface area contributed by atoms with Crippen molar-refractivity contribution >= 4 is 17.2 Å². The highest BCUT2D eigenvalue weighted by molar-refractivity contribution is 6.01. The number of phenolic OH excluding ortho intramolecular Hbond substituents is 1. The summed E-state index contributed by atoms with van der Waals surface area (Å²) in [6.07, 6.45) is -5.79. The minimum atomic E-state index is -4.60. The Labute approximate surface area is 163 Å². The Kier molecular flexibility index (Phi) is 5.27. The maximum absolute atomic E-state index is 13.7. The van der Waals surface area contributed by atoms with Gasteiger partial charge in [0.2, 0.25) is 0 Å². The number of halogens is 4. The number of fused-ring (bicyclic) bond motifs is 1. The summed E-state index contributed by atoms with van der Waals surface area (Å²) in [4.78, 5) is 13.2. The second-order valence-electron chi connectivity index (χ2n) is 6.58. The Morgan fingerprint density at radius 1 is 1.21 bits per heavy atom. The van der Waals surface area contributed by atoms with Crippen molar-refractivity contribution in [1.29, 1.82) is 0 Å². The molecular weight excluding hydrogens is 394 g/mol. The molecule has 1 aliphatic rings. The number of carboxylic acid groups (broad SMARTS) is 1. The van der Waals surface area contributed by atoms with Crippen molar-refractivity contribution in [2.24, 2.45) is 0 Å². The molecule has 0 fully saturated rings. The van der Waals surface area contributed by atoms with Crippen LogP contribution in [0.3, 0.4) is 0 Å². The second kappa shape index (κ2) is 7.40. The fourth-order valence-corrected chi connectivity index (χ4v) is 3.40. The highest BCUT2D eigenvalue weighted by atomic mass is 19.4. The average Bonchev–Trinajstić information content (AvgIpc) is 2.65. The fourth-order valence-electron chi connectivity index (χ4n) is 3.40. The monoisotopic (exact) mass is 411 g/mol. The van der Waals surface area contributed by atoms with Gasteiger partial charge in [-0.25, -0.2) is 9.18 Å². The molecule has 9 heteroatoms. The predicted molar refractivity (Wildman–Crippen MR) is 96.7 cm³/mol. The molecule has 2 N–H and O–H groups in total. The molecule has 0 amide bonds. The SMILES string of the molecule is COC1C(C(=O)O)=C(C)c2ccc(C(F)(F)F)cc2N1Cc1ccc(O)c(F)c1. The zero-order valence-corrected chi connectivity index (χ0v) is 15.4. The molecule has 3 rings (SSSR count). The lowest BCUT2D eigenvalue weighted by molar-refractivity contribution is -0.137. The Morgan fingerprint density at radius 3 is 2.45 bits per heavy atom. The number of aromatic hydroxyl groups is 1. The molecule has 29 heavy (non-hydrogen) atoms. The van der Waals surface area contributed by atoms with Crippen LogP contribution in [-0.2, 0) is 22.3 Å². The normalized spacial score (nSPS) is 16.8. The number of allylic oxidation sites excluding steroid dienone is 1. The molecule has 154 valence electrons. The lowest BCUT2D eigenvalue weighted by Crippen LogP contribution is -2.43. The third-order valence-corrected chi connectivity index (χ3v) is 4.79. The van der Waals surface area contributed by atoms with Gasteiger partial charge >= 0.3 is 12.1 Å². The quantitative estimate of drug-likeness (QED) is 0.730. The zero-order chi connectivity index (χ0) is 21.5. The molecule has 0 radical (unpaired) electrons. The first kappa shape index (κ1) is 20.7. The van der Waals surface area contributed by atoms with Gasteiger partial charge < -0.3 is 19.8 Å². The Morgan fingerprint density at radius 2 is 1.90 bits per heavy atom. The number of hydrogen-bond acceptors (Lipinski definition) is 4. The highest BCUT2D eigenvalue weighted by Crippen LogP contribution is 2.42. The number of aliphatic carboxylic acids is 1. The number of carboxylic acids is 1. The van der Waals surface area contributed by atoms with Crippen LogP contribution in [-0.4, -0.2) is 29.5 Å². The molecule has 5 nitrogen and oxygen atoms in total. The molecule has 1 unspecified atom stereocenters. The number of benzene rings is 2. The van der Waals surface area contributed by atoms with Crippen molar-refractivity contribution in [1.82, 2.24) is 0 Å². The molecule has 0 spiro atoms. The smallest absolute Gasteiger partial charge is 0.416 e. The molecular formula is C20H17F4NO4. The van der Waals surface area contributed by atoms with Gasteiger partial charge in [-0.05, 0) is 42.3 Å². The van der Waals surface area contributed by atoms with Crippen LogP contribution in [0.25, 0.3) is 5.57 Å². The van der Waals surface area contributed by atoms with Gasteiger partial charge in [0.15, 0.2) is 17.8 Å². The van der Waals surface area contributed by atoms with Crippen LogP contribution in [0.5, 0.6) is 5.75 Å². The van der Waals surface area contributed by atoms with Gasteiger partial charge in [-0.15, -0.1) is 0 Å². The third-order valence-electron chi connectivity index (χ3n) is 4.79. The minimum Gasteiger partial charge on any atom is -0.505 e. The summed E-state index contributed by atoms with van der Waals surface area (Å²) >= 11 is 0. The summed E-state index contributed by atoms with van der Waals surface area (Å²) in [5.41, 5.74) is -0.0135. The summed E-state index contributed by atoms with van der Waals surface area (Å²) in [5.74, 6) is -2.75. The van der Waals surface area contributed by atoms with Crippen molar-refractivity contribution in [3.8, 4) is 5.75 Å². The van der Waals surface area contributed by atoms with E-state index in [2.05, 4.69) is 0 Å². The maximum atomic E-state index is 13.7. The first-order valence-corrected chi connectivity index (χ1v) is 8.47. The van der Waals surface area contributed by atoms with E-state index < -0.39 is 35.5 Å². The van der Waals surface area contributed by atoms with Crippen LogP contribution in [0.15, 0.2) is 42.0 Å². The summed E-state index contributed by atoms with van der Waals surface area (Å²) in [5, 5.41) is 19.0. The van der Waals surface area contributed by atoms with Crippen molar-refractivity contribution in [2.75, 3.05) is 12.0 Å².